The van der Waals surface area contributed by atoms with E-state index in [1.165, 1.54) is 7.11 Å². The standard InChI is InChI=1S/C20H19NO5/c1-26-20(25)16-10-12-6-2-3-7-13(12)11-17(16)21-18(22)14-8-4-5-9-15(14)19(23)24/h2-7,10-11,14-15H,8-9H2,1H3,(H,21,22)(H,23,24)/t14-,15-/m0/s1. The molecule has 1 aliphatic carbocycles. The Morgan fingerprint density at radius 2 is 1.65 bits per heavy atom. The van der Waals surface area contributed by atoms with Crippen molar-refractivity contribution in [2.45, 2.75) is 12.8 Å². The van der Waals surface area contributed by atoms with E-state index in [2.05, 4.69) is 5.32 Å². The van der Waals surface area contributed by atoms with Gasteiger partial charge in [0, 0.05) is 0 Å². The highest BCUT2D eigenvalue weighted by Crippen LogP contribution is 2.30. The second kappa shape index (κ2) is 7.39. The van der Waals surface area contributed by atoms with Gasteiger partial charge in [-0.25, -0.2) is 4.79 Å². The van der Waals surface area contributed by atoms with Crippen molar-refractivity contribution in [3.8, 4) is 0 Å². The zero-order valence-corrected chi connectivity index (χ0v) is 14.3. The molecular weight excluding hydrogens is 334 g/mol. The zero-order chi connectivity index (χ0) is 18.7. The van der Waals surface area contributed by atoms with Crippen molar-refractivity contribution in [3.05, 3.63) is 54.1 Å². The van der Waals surface area contributed by atoms with Gasteiger partial charge in [-0.1, -0.05) is 36.4 Å². The number of carbonyl (C=O) groups excluding carboxylic acids is 2. The summed E-state index contributed by atoms with van der Waals surface area (Å²) in [5.41, 5.74) is 0.553. The summed E-state index contributed by atoms with van der Waals surface area (Å²) < 4.78 is 4.82. The molecule has 6 heteroatoms. The molecule has 2 atom stereocenters. The Kier molecular flexibility index (Phi) is 5.02. The summed E-state index contributed by atoms with van der Waals surface area (Å²) in [4.78, 5) is 36.3. The molecule has 6 nitrogen and oxygen atoms in total. The van der Waals surface area contributed by atoms with E-state index in [-0.39, 0.29) is 5.56 Å². The van der Waals surface area contributed by atoms with E-state index in [0.717, 1.165) is 10.8 Å². The van der Waals surface area contributed by atoms with Gasteiger partial charge < -0.3 is 15.2 Å². The number of ether oxygens (including phenoxy) is 1. The first-order valence-corrected chi connectivity index (χ1v) is 8.31. The summed E-state index contributed by atoms with van der Waals surface area (Å²) >= 11 is 0. The predicted octanol–water partition coefficient (Wildman–Crippen LogP) is 3.23. The third-order valence-corrected chi connectivity index (χ3v) is 4.64. The molecule has 2 aromatic rings. The van der Waals surface area contributed by atoms with Crippen LogP contribution in [0.4, 0.5) is 5.69 Å². The van der Waals surface area contributed by atoms with E-state index in [9.17, 15) is 19.5 Å². The monoisotopic (exact) mass is 353 g/mol. The van der Waals surface area contributed by atoms with E-state index in [4.69, 9.17) is 4.74 Å². The van der Waals surface area contributed by atoms with E-state index >= 15 is 0 Å². The minimum absolute atomic E-state index is 0.234. The number of esters is 1. The maximum atomic E-state index is 12.7. The van der Waals surface area contributed by atoms with Crippen LogP contribution in [0.1, 0.15) is 23.2 Å². The molecule has 2 N–H and O–H groups in total. The highest BCUT2D eigenvalue weighted by atomic mass is 16.5. The smallest absolute Gasteiger partial charge is 0.339 e. The number of hydrogen-bond acceptors (Lipinski definition) is 4. The summed E-state index contributed by atoms with van der Waals surface area (Å²) in [5.74, 6) is -3.44. The number of hydrogen-bond donors (Lipinski definition) is 2. The van der Waals surface area contributed by atoms with Gasteiger partial charge in [0.1, 0.15) is 0 Å². The number of rotatable bonds is 4. The van der Waals surface area contributed by atoms with Gasteiger partial charge in [0.2, 0.25) is 5.91 Å². The lowest BCUT2D eigenvalue weighted by molar-refractivity contribution is -0.146. The SMILES string of the molecule is COC(=O)c1cc2ccccc2cc1NC(=O)[C@H]1CC=CC[C@@H]1C(=O)O. The van der Waals surface area contributed by atoms with E-state index in [1.807, 2.05) is 30.3 Å². The fourth-order valence-corrected chi connectivity index (χ4v) is 3.22. The lowest BCUT2D eigenvalue weighted by atomic mass is 9.82. The van der Waals surface area contributed by atoms with Crippen LogP contribution >= 0.6 is 0 Å². The normalized spacial score (nSPS) is 19.1. The minimum atomic E-state index is -0.999. The average Bonchev–Trinajstić information content (AvgIpc) is 2.66. The van der Waals surface area contributed by atoms with Crippen molar-refractivity contribution >= 4 is 34.3 Å². The lowest BCUT2D eigenvalue weighted by Crippen LogP contribution is -2.35. The van der Waals surface area contributed by atoms with Crippen LogP contribution in [0.5, 0.6) is 0 Å². The van der Waals surface area contributed by atoms with Crippen LogP contribution in [-0.4, -0.2) is 30.1 Å². The molecule has 0 aromatic heterocycles. The number of carboxylic acid groups (broad SMARTS) is 1. The molecule has 0 bridgehead atoms. The molecule has 134 valence electrons. The summed E-state index contributed by atoms with van der Waals surface area (Å²) in [6.07, 6.45) is 4.25. The van der Waals surface area contributed by atoms with E-state index in [0.29, 0.717) is 18.5 Å². The number of aliphatic carboxylic acids is 1. The summed E-state index contributed by atoms with van der Waals surface area (Å²) in [5, 5.41) is 13.8. The van der Waals surface area contributed by atoms with Gasteiger partial charge in [-0.2, -0.15) is 0 Å². The molecule has 0 fully saturated rings. The molecule has 0 radical (unpaired) electrons. The quantitative estimate of drug-likeness (QED) is 0.650. The molecule has 0 spiro atoms. The highest BCUT2D eigenvalue weighted by molar-refractivity contribution is 6.06. The third-order valence-electron chi connectivity index (χ3n) is 4.64. The second-order valence-electron chi connectivity index (χ2n) is 6.22. The first-order chi connectivity index (χ1) is 12.5. The zero-order valence-electron chi connectivity index (χ0n) is 14.3. The van der Waals surface area contributed by atoms with E-state index in [1.54, 1.807) is 18.2 Å². The van der Waals surface area contributed by atoms with Crippen LogP contribution in [0.25, 0.3) is 10.8 Å². The van der Waals surface area contributed by atoms with Gasteiger partial charge in [-0.05, 0) is 35.7 Å². The molecule has 0 saturated carbocycles. The number of carboxylic acids is 1. The predicted molar refractivity (Wildman–Crippen MR) is 96.9 cm³/mol. The number of nitrogens with one attached hydrogen (secondary N) is 1. The number of anilines is 1. The summed E-state index contributed by atoms with van der Waals surface area (Å²) in [7, 11) is 1.27. The maximum absolute atomic E-state index is 12.7. The molecule has 3 rings (SSSR count). The van der Waals surface area contributed by atoms with Crippen molar-refractivity contribution in [1.29, 1.82) is 0 Å². The van der Waals surface area contributed by atoms with Gasteiger partial charge in [0.05, 0.1) is 30.2 Å². The Balaban J connectivity index is 1.96. The Bertz CT molecular complexity index is 902. The average molecular weight is 353 g/mol. The number of fused-ring (bicyclic) bond motifs is 1. The Hall–Kier alpha value is -3.15. The Morgan fingerprint density at radius 1 is 1.04 bits per heavy atom. The molecule has 0 aliphatic heterocycles. The van der Waals surface area contributed by atoms with Crippen LogP contribution in [0, 0.1) is 11.8 Å². The lowest BCUT2D eigenvalue weighted by Gasteiger charge is -2.24. The number of allylic oxidation sites excluding steroid dienone is 2. The van der Waals surface area contributed by atoms with Crippen molar-refractivity contribution in [2.24, 2.45) is 11.8 Å². The highest BCUT2D eigenvalue weighted by Gasteiger charge is 2.34. The number of carbonyl (C=O) groups is 3. The van der Waals surface area contributed by atoms with Crippen LogP contribution in [0.3, 0.4) is 0 Å². The summed E-state index contributed by atoms with van der Waals surface area (Å²) in [6, 6.07) is 10.8. The molecule has 0 heterocycles. The molecule has 1 amide bonds. The van der Waals surface area contributed by atoms with Gasteiger partial charge in [-0.15, -0.1) is 0 Å². The minimum Gasteiger partial charge on any atom is -0.481 e. The largest absolute Gasteiger partial charge is 0.481 e. The second-order valence-corrected chi connectivity index (χ2v) is 6.22. The first-order valence-electron chi connectivity index (χ1n) is 8.31. The molecule has 0 saturated heterocycles. The van der Waals surface area contributed by atoms with Crippen molar-refractivity contribution in [2.75, 3.05) is 12.4 Å². The Labute approximate surface area is 150 Å². The molecular formula is C20H19NO5. The maximum Gasteiger partial charge on any atom is 0.339 e. The fraction of sp³-hybridized carbons (Fsp3) is 0.250. The van der Waals surface area contributed by atoms with Gasteiger partial charge in [0.15, 0.2) is 0 Å². The summed E-state index contributed by atoms with van der Waals surface area (Å²) in [6.45, 7) is 0. The number of benzene rings is 2. The topological polar surface area (TPSA) is 92.7 Å². The fourth-order valence-electron chi connectivity index (χ4n) is 3.22. The molecule has 26 heavy (non-hydrogen) atoms. The van der Waals surface area contributed by atoms with Gasteiger partial charge >= 0.3 is 11.9 Å². The van der Waals surface area contributed by atoms with Crippen molar-refractivity contribution < 1.29 is 24.2 Å². The Morgan fingerprint density at radius 3 is 2.27 bits per heavy atom. The number of amides is 1. The van der Waals surface area contributed by atoms with Crippen LogP contribution in [-0.2, 0) is 14.3 Å². The van der Waals surface area contributed by atoms with E-state index < -0.39 is 29.7 Å². The molecule has 2 aromatic carbocycles. The van der Waals surface area contributed by atoms with Crippen molar-refractivity contribution in [1.82, 2.24) is 0 Å². The first kappa shape index (κ1) is 17.7. The number of methoxy groups -OCH3 is 1. The van der Waals surface area contributed by atoms with Crippen LogP contribution in [0.2, 0.25) is 0 Å². The van der Waals surface area contributed by atoms with Crippen LogP contribution < -0.4 is 5.32 Å². The van der Waals surface area contributed by atoms with Crippen LogP contribution in [0.15, 0.2) is 48.6 Å². The van der Waals surface area contributed by atoms with Crippen molar-refractivity contribution in [3.63, 3.8) is 0 Å². The molecule has 0 unspecified atom stereocenters. The molecule has 1 aliphatic rings. The third kappa shape index (κ3) is 3.44. The van der Waals surface area contributed by atoms with Gasteiger partial charge in [0.25, 0.3) is 0 Å². The van der Waals surface area contributed by atoms with Gasteiger partial charge in [-0.3, -0.25) is 9.59 Å².